The Morgan fingerprint density at radius 3 is 2.47 bits per heavy atom. The second-order valence-corrected chi connectivity index (χ2v) is 3.34. The number of alkyl halides is 3. The summed E-state index contributed by atoms with van der Waals surface area (Å²) in [7, 11) is 0. The predicted octanol–water partition coefficient (Wildman–Crippen LogP) is 3.85. The molecule has 0 aromatic heterocycles. The number of benzene rings is 1. The molecule has 1 rings (SSSR count). The standard InChI is InChI=1S/C11H13F3O/c1-3-5-9-6-4-7-10(8(9)2)15-11(12,13)14/h4,6-7H,3,5H2,1-2H3. The minimum absolute atomic E-state index is 0.103. The molecule has 0 amide bonds. The molecule has 1 aromatic rings. The van der Waals surface area contributed by atoms with Gasteiger partial charge in [0.15, 0.2) is 0 Å². The van der Waals surface area contributed by atoms with Gasteiger partial charge in [-0.05, 0) is 30.5 Å². The van der Waals surface area contributed by atoms with Gasteiger partial charge in [0.1, 0.15) is 5.75 Å². The van der Waals surface area contributed by atoms with Gasteiger partial charge in [0.2, 0.25) is 0 Å². The Bertz CT molecular complexity index is 331. The van der Waals surface area contributed by atoms with Gasteiger partial charge in [-0.25, -0.2) is 0 Å². The van der Waals surface area contributed by atoms with Crippen LogP contribution in [0.15, 0.2) is 18.2 Å². The van der Waals surface area contributed by atoms with Gasteiger partial charge in [0, 0.05) is 0 Å². The van der Waals surface area contributed by atoms with Crippen molar-refractivity contribution in [3.63, 3.8) is 0 Å². The lowest BCUT2D eigenvalue weighted by Crippen LogP contribution is -2.18. The number of aryl methyl sites for hydroxylation is 1. The zero-order valence-corrected chi connectivity index (χ0v) is 8.69. The summed E-state index contributed by atoms with van der Waals surface area (Å²) >= 11 is 0. The summed E-state index contributed by atoms with van der Waals surface area (Å²) in [5, 5.41) is 0. The summed E-state index contributed by atoms with van der Waals surface area (Å²) in [6, 6.07) is 4.74. The summed E-state index contributed by atoms with van der Waals surface area (Å²) in [4.78, 5) is 0. The van der Waals surface area contributed by atoms with E-state index in [9.17, 15) is 13.2 Å². The molecule has 84 valence electrons. The first-order valence-electron chi connectivity index (χ1n) is 4.78. The van der Waals surface area contributed by atoms with E-state index in [1.54, 1.807) is 13.0 Å². The predicted molar refractivity (Wildman–Crippen MR) is 51.9 cm³/mol. The van der Waals surface area contributed by atoms with Crippen LogP contribution >= 0.6 is 0 Å². The van der Waals surface area contributed by atoms with Gasteiger partial charge in [-0.3, -0.25) is 0 Å². The van der Waals surface area contributed by atoms with Crippen molar-refractivity contribution in [1.29, 1.82) is 0 Å². The Morgan fingerprint density at radius 2 is 1.93 bits per heavy atom. The van der Waals surface area contributed by atoms with Crippen LogP contribution in [0.3, 0.4) is 0 Å². The normalized spacial score (nSPS) is 11.5. The minimum Gasteiger partial charge on any atom is -0.406 e. The fourth-order valence-electron chi connectivity index (χ4n) is 1.44. The maximum Gasteiger partial charge on any atom is 0.573 e. The van der Waals surface area contributed by atoms with E-state index in [1.165, 1.54) is 6.07 Å². The van der Waals surface area contributed by atoms with Crippen molar-refractivity contribution in [2.45, 2.75) is 33.1 Å². The van der Waals surface area contributed by atoms with E-state index in [2.05, 4.69) is 4.74 Å². The average Bonchev–Trinajstić information content (AvgIpc) is 2.10. The molecule has 0 N–H and O–H groups in total. The monoisotopic (exact) mass is 218 g/mol. The quantitative estimate of drug-likeness (QED) is 0.748. The van der Waals surface area contributed by atoms with Gasteiger partial charge < -0.3 is 4.74 Å². The lowest BCUT2D eigenvalue weighted by molar-refractivity contribution is -0.274. The van der Waals surface area contributed by atoms with Gasteiger partial charge >= 0.3 is 6.36 Å². The molecular formula is C11H13F3O. The van der Waals surface area contributed by atoms with Crippen molar-refractivity contribution in [3.8, 4) is 5.75 Å². The average molecular weight is 218 g/mol. The molecule has 0 spiro atoms. The maximum absolute atomic E-state index is 12.0. The first-order valence-corrected chi connectivity index (χ1v) is 4.78. The lowest BCUT2D eigenvalue weighted by atomic mass is 10.0. The second-order valence-electron chi connectivity index (χ2n) is 3.34. The van der Waals surface area contributed by atoms with Crippen LogP contribution in [0.25, 0.3) is 0 Å². The summed E-state index contributed by atoms with van der Waals surface area (Å²) in [6.07, 6.45) is -2.95. The SMILES string of the molecule is CCCc1cccc(OC(F)(F)F)c1C. The van der Waals surface area contributed by atoms with E-state index in [0.717, 1.165) is 18.4 Å². The van der Waals surface area contributed by atoms with Gasteiger partial charge in [-0.1, -0.05) is 25.5 Å². The molecule has 15 heavy (non-hydrogen) atoms. The molecule has 1 nitrogen and oxygen atoms in total. The van der Waals surface area contributed by atoms with Crippen LogP contribution < -0.4 is 4.74 Å². The molecule has 0 aliphatic rings. The van der Waals surface area contributed by atoms with Gasteiger partial charge in [0.05, 0.1) is 0 Å². The van der Waals surface area contributed by atoms with E-state index >= 15 is 0 Å². The molecule has 0 fully saturated rings. The van der Waals surface area contributed by atoms with Crippen molar-refractivity contribution < 1.29 is 17.9 Å². The smallest absolute Gasteiger partial charge is 0.406 e. The Hall–Kier alpha value is -1.19. The van der Waals surface area contributed by atoms with Gasteiger partial charge in [-0.2, -0.15) is 0 Å². The third-order valence-corrected chi connectivity index (χ3v) is 2.14. The molecule has 0 radical (unpaired) electrons. The molecule has 0 saturated heterocycles. The Morgan fingerprint density at radius 1 is 1.27 bits per heavy atom. The number of ether oxygens (including phenoxy) is 1. The van der Waals surface area contributed by atoms with E-state index in [4.69, 9.17) is 0 Å². The summed E-state index contributed by atoms with van der Waals surface area (Å²) in [5.74, 6) is -0.103. The molecule has 0 aliphatic carbocycles. The van der Waals surface area contributed by atoms with Gasteiger partial charge in [-0.15, -0.1) is 13.2 Å². The highest BCUT2D eigenvalue weighted by molar-refractivity contribution is 5.39. The van der Waals surface area contributed by atoms with Crippen molar-refractivity contribution in [3.05, 3.63) is 29.3 Å². The van der Waals surface area contributed by atoms with Crippen LogP contribution in [0, 0.1) is 6.92 Å². The molecule has 0 bridgehead atoms. The zero-order chi connectivity index (χ0) is 11.5. The second kappa shape index (κ2) is 4.55. The van der Waals surface area contributed by atoms with E-state index < -0.39 is 6.36 Å². The highest BCUT2D eigenvalue weighted by Gasteiger charge is 2.31. The molecule has 0 atom stereocenters. The summed E-state index contributed by atoms with van der Waals surface area (Å²) < 4.78 is 40.0. The van der Waals surface area contributed by atoms with Gasteiger partial charge in [0.25, 0.3) is 0 Å². The highest BCUT2D eigenvalue weighted by Crippen LogP contribution is 2.28. The number of hydrogen-bond acceptors (Lipinski definition) is 1. The van der Waals surface area contributed by atoms with Crippen LogP contribution in [0.1, 0.15) is 24.5 Å². The van der Waals surface area contributed by atoms with Crippen molar-refractivity contribution in [1.82, 2.24) is 0 Å². The van der Waals surface area contributed by atoms with Crippen molar-refractivity contribution in [2.75, 3.05) is 0 Å². The summed E-state index contributed by atoms with van der Waals surface area (Å²) in [5.41, 5.74) is 1.47. The van der Waals surface area contributed by atoms with Crippen LogP contribution in [-0.2, 0) is 6.42 Å². The molecule has 0 heterocycles. The minimum atomic E-state index is -4.62. The Balaban J connectivity index is 2.94. The summed E-state index contributed by atoms with van der Waals surface area (Å²) in [6.45, 7) is 3.63. The first kappa shape index (κ1) is 11.9. The molecular weight excluding hydrogens is 205 g/mol. The van der Waals surface area contributed by atoms with E-state index in [-0.39, 0.29) is 5.75 Å². The maximum atomic E-state index is 12.0. The molecule has 0 unspecified atom stereocenters. The Kier molecular flexibility index (Phi) is 3.61. The van der Waals surface area contributed by atoms with Crippen LogP contribution in [0.2, 0.25) is 0 Å². The van der Waals surface area contributed by atoms with Crippen molar-refractivity contribution >= 4 is 0 Å². The number of hydrogen-bond donors (Lipinski definition) is 0. The molecule has 0 saturated carbocycles. The highest BCUT2D eigenvalue weighted by atomic mass is 19.4. The molecule has 4 heteroatoms. The molecule has 1 aromatic carbocycles. The fraction of sp³-hybridized carbons (Fsp3) is 0.455. The number of halogens is 3. The fourth-order valence-corrected chi connectivity index (χ4v) is 1.44. The number of rotatable bonds is 3. The van der Waals surface area contributed by atoms with Crippen LogP contribution in [0.4, 0.5) is 13.2 Å². The largest absolute Gasteiger partial charge is 0.573 e. The molecule has 0 aliphatic heterocycles. The van der Waals surface area contributed by atoms with E-state index in [0.29, 0.717) is 5.56 Å². The van der Waals surface area contributed by atoms with E-state index in [1.807, 2.05) is 13.0 Å². The van der Waals surface area contributed by atoms with Crippen LogP contribution in [0.5, 0.6) is 5.75 Å². The lowest BCUT2D eigenvalue weighted by Gasteiger charge is -2.13. The first-order chi connectivity index (χ1) is 6.94. The zero-order valence-electron chi connectivity index (χ0n) is 8.69. The van der Waals surface area contributed by atoms with Crippen molar-refractivity contribution in [2.24, 2.45) is 0 Å². The van der Waals surface area contributed by atoms with Crippen LogP contribution in [-0.4, -0.2) is 6.36 Å². The topological polar surface area (TPSA) is 9.23 Å². The Labute approximate surface area is 86.9 Å². The third kappa shape index (κ3) is 3.46. The third-order valence-electron chi connectivity index (χ3n) is 2.14.